The van der Waals surface area contributed by atoms with E-state index in [1.165, 1.54) is 23.5 Å². The van der Waals surface area contributed by atoms with Gasteiger partial charge in [-0.15, -0.1) is 11.3 Å². The molecule has 10 heteroatoms. The summed E-state index contributed by atoms with van der Waals surface area (Å²) in [4.78, 5) is 36.7. The number of thiophene rings is 1. The third-order valence-electron chi connectivity index (χ3n) is 4.42. The zero-order chi connectivity index (χ0) is 20.9. The van der Waals surface area contributed by atoms with Crippen LogP contribution >= 0.6 is 11.3 Å². The molecule has 154 valence electrons. The Morgan fingerprint density at radius 3 is 2.55 bits per heavy atom. The maximum atomic E-state index is 12.9. The van der Waals surface area contributed by atoms with Gasteiger partial charge in [0.25, 0.3) is 11.8 Å². The fourth-order valence-corrected chi connectivity index (χ4v) is 5.31. The van der Waals surface area contributed by atoms with Crippen molar-refractivity contribution in [2.45, 2.75) is 30.2 Å². The maximum absolute atomic E-state index is 12.9. The molecule has 1 aliphatic heterocycles. The summed E-state index contributed by atoms with van der Waals surface area (Å²) in [6.07, 6.45) is 1.61. The molecule has 1 aromatic heterocycles. The van der Waals surface area contributed by atoms with E-state index < -0.39 is 40.5 Å². The zero-order valence-electron chi connectivity index (χ0n) is 15.4. The van der Waals surface area contributed by atoms with Crippen molar-refractivity contribution in [3.8, 4) is 0 Å². The summed E-state index contributed by atoms with van der Waals surface area (Å²) < 4.78 is 32.0. The third-order valence-corrected chi connectivity index (χ3v) is 7.21. The highest BCUT2D eigenvalue weighted by Crippen LogP contribution is 2.26. The number of piperidine rings is 1. The van der Waals surface area contributed by atoms with Crippen molar-refractivity contribution < 1.29 is 27.5 Å². The Kier molecular flexibility index (Phi) is 6.78. The van der Waals surface area contributed by atoms with Gasteiger partial charge in [-0.3, -0.25) is 19.7 Å². The summed E-state index contributed by atoms with van der Waals surface area (Å²) in [7, 11) is -3.86. The van der Waals surface area contributed by atoms with E-state index in [0.717, 1.165) is 4.31 Å². The molecule has 2 amide bonds. The number of hydrogen-bond donors (Lipinski definition) is 1. The minimum absolute atomic E-state index is 0.0963. The van der Waals surface area contributed by atoms with E-state index in [0.29, 0.717) is 24.1 Å². The first-order valence-corrected chi connectivity index (χ1v) is 11.3. The van der Waals surface area contributed by atoms with Crippen LogP contribution in [0.3, 0.4) is 0 Å². The summed E-state index contributed by atoms with van der Waals surface area (Å²) in [6.45, 7) is -0.467. The van der Waals surface area contributed by atoms with E-state index in [1.54, 1.807) is 35.7 Å². The van der Waals surface area contributed by atoms with Gasteiger partial charge < -0.3 is 4.74 Å². The summed E-state index contributed by atoms with van der Waals surface area (Å²) in [5.74, 6) is -2.15. The Bertz CT molecular complexity index is 973. The number of rotatable bonds is 6. The standard InChI is InChI=1S/C19H20N2O6S2/c22-17(20-18(23)16-10-6-12-28-16)13-27-19(24)15-9-4-5-11-21(15)29(25,26)14-7-2-1-3-8-14/h1-3,6-8,10,12,15H,4-5,9,11,13H2,(H,20,22,23)/t15-/m0/s1. The van der Waals surface area contributed by atoms with Gasteiger partial charge in [-0.2, -0.15) is 4.31 Å². The number of carbonyl (C=O) groups is 3. The van der Waals surface area contributed by atoms with Crippen LogP contribution in [0.2, 0.25) is 0 Å². The van der Waals surface area contributed by atoms with Gasteiger partial charge in [0.1, 0.15) is 6.04 Å². The molecule has 29 heavy (non-hydrogen) atoms. The molecule has 1 atom stereocenters. The summed E-state index contributed by atoms with van der Waals surface area (Å²) in [5, 5.41) is 3.83. The minimum Gasteiger partial charge on any atom is -0.454 e. The van der Waals surface area contributed by atoms with Crippen LogP contribution in [-0.2, 0) is 24.3 Å². The second kappa shape index (κ2) is 9.29. The third kappa shape index (κ3) is 5.08. The van der Waals surface area contributed by atoms with Gasteiger partial charge in [-0.25, -0.2) is 8.42 Å². The molecule has 0 spiro atoms. The largest absolute Gasteiger partial charge is 0.454 e. The van der Waals surface area contributed by atoms with Crippen molar-refractivity contribution in [2.24, 2.45) is 0 Å². The van der Waals surface area contributed by atoms with Crippen molar-refractivity contribution in [3.63, 3.8) is 0 Å². The molecular formula is C19H20N2O6S2. The molecule has 0 radical (unpaired) electrons. The molecule has 1 N–H and O–H groups in total. The monoisotopic (exact) mass is 436 g/mol. The lowest BCUT2D eigenvalue weighted by atomic mass is 10.1. The van der Waals surface area contributed by atoms with Gasteiger partial charge in [0.05, 0.1) is 9.77 Å². The Morgan fingerprint density at radius 1 is 1.10 bits per heavy atom. The van der Waals surface area contributed by atoms with Crippen LogP contribution in [0.15, 0.2) is 52.7 Å². The molecule has 8 nitrogen and oxygen atoms in total. The SMILES string of the molecule is O=C(COC(=O)[C@@H]1CCCCN1S(=O)(=O)c1ccccc1)NC(=O)c1cccs1. The van der Waals surface area contributed by atoms with Gasteiger partial charge in [0.2, 0.25) is 10.0 Å². The molecule has 3 rings (SSSR count). The fourth-order valence-electron chi connectivity index (χ4n) is 3.02. The van der Waals surface area contributed by atoms with Crippen LogP contribution in [-0.4, -0.2) is 49.7 Å². The lowest BCUT2D eigenvalue weighted by molar-refractivity contribution is -0.153. The van der Waals surface area contributed by atoms with Crippen molar-refractivity contribution in [3.05, 3.63) is 52.7 Å². The van der Waals surface area contributed by atoms with Gasteiger partial charge in [0, 0.05) is 6.54 Å². The number of benzene rings is 1. The van der Waals surface area contributed by atoms with E-state index in [-0.39, 0.29) is 11.4 Å². The van der Waals surface area contributed by atoms with Crippen LogP contribution < -0.4 is 5.32 Å². The van der Waals surface area contributed by atoms with Crippen molar-refractivity contribution in [1.29, 1.82) is 0 Å². The van der Waals surface area contributed by atoms with Crippen molar-refractivity contribution in [1.82, 2.24) is 9.62 Å². The summed E-state index contributed by atoms with van der Waals surface area (Å²) >= 11 is 1.18. The molecule has 0 aliphatic carbocycles. The number of nitrogens with zero attached hydrogens (tertiary/aromatic N) is 1. The van der Waals surface area contributed by atoms with E-state index in [9.17, 15) is 22.8 Å². The molecule has 1 fully saturated rings. The van der Waals surface area contributed by atoms with Crippen LogP contribution in [0, 0.1) is 0 Å². The van der Waals surface area contributed by atoms with E-state index in [2.05, 4.69) is 5.32 Å². The minimum atomic E-state index is -3.86. The first-order chi connectivity index (χ1) is 13.9. The quantitative estimate of drug-likeness (QED) is 0.692. The predicted octanol–water partition coefficient (Wildman–Crippen LogP) is 1.79. The molecule has 0 unspecified atom stereocenters. The van der Waals surface area contributed by atoms with Gasteiger partial charge in [0.15, 0.2) is 6.61 Å². The number of sulfonamides is 1. The highest BCUT2D eigenvalue weighted by atomic mass is 32.2. The van der Waals surface area contributed by atoms with E-state index in [1.807, 2.05) is 0 Å². The number of hydrogen-bond acceptors (Lipinski definition) is 7. The number of nitrogens with one attached hydrogen (secondary N) is 1. The number of imide groups is 1. The van der Waals surface area contributed by atoms with Gasteiger partial charge in [-0.1, -0.05) is 24.3 Å². The van der Waals surface area contributed by atoms with Crippen molar-refractivity contribution >= 4 is 39.1 Å². The number of esters is 1. The van der Waals surface area contributed by atoms with Gasteiger partial charge >= 0.3 is 5.97 Å². The molecule has 1 aliphatic rings. The second-order valence-electron chi connectivity index (χ2n) is 6.40. The Balaban J connectivity index is 1.62. The van der Waals surface area contributed by atoms with Crippen LogP contribution in [0.25, 0.3) is 0 Å². The smallest absolute Gasteiger partial charge is 0.324 e. The topological polar surface area (TPSA) is 110 Å². The number of ether oxygens (including phenoxy) is 1. The zero-order valence-corrected chi connectivity index (χ0v) is 17.1. The summed E-state index contributed by atoms with van der Waals surface area (Å²) in [5.41, 5.74) is 0. The Hall–Kier alpha value is -2.56. The summed E-state index contributed by atoms with van der Waals surface area (Å²) in [6, 6.07) is 10.1. The molecule has 1 saturated heterocycles. The van der Waals surface area contributed by atoms with Crippen LogP contribution in [0.5, 0.6) is 0 Å². The Morgan fingerprint density at radius 2 is 1.86 bits per heavy atom. The fraction of sp³-hybridized carbons (Fsp3) is 0.316. The maximum Gasteiger partial charge on any atom is 0.324 e. The van der Waals surface area contributed by atoms with Crippen LogP contribution in [0.4, 0.5) is 0 Å². The number of amides is 2. The predicted molar refractivity (Wildman–Crippen MR) is 106 cm³/mol. The average Bonchev–Trinajstić information content (AvgIpc) is 3.28. The molecule has 1 aromatic carbocycles. The lowest BCUT2D eigenvalue weighted by Crippen LogP contribution is -2.49. The highest BCUT2D eigenvalue weighted by Gasteiger charge is 2.38. The first-order valence-electron chi connectivity index (χ1n) is 9.01. The van der Waals surface area contributed by atoms with Gasteiger partial charge in [-0.05, 0) is 42.8 Å². The van der Waals surface area contributed by atoms with Crippen molar-refractivity contribution in [2.75, 3.05) is 13.2 Å². The number of carbonyl (C=O) groups excluding carboxylic acids is 3. The first kappa shape index (κ1) is 21.2. The average molecular weight is 437 g/mol. The molecule has 2 heterocycles. The van der Waals surface area contributed by atoms with E-state index in [4.69, 9.17) is 4.74 Å². The Labute approximate surface area is 172 Å². The second-order valence-corrected chi connectivity index (χ2v) is 9.24. The molecular weight excluding hydrogens is 416 g/mol. The molecule has 2 aromatic rings. The normalized spacial score (nSPS) is 17.4. The molecule has 0 saturated carbocycles. The molecule has 0 bridgehead atoms. The highest BCUT2D eigenvalue weighted by molar-refractivity contribution is 7.89. The van der Waals surface area contributed by atoms with Crippen LogP contribution in [0.1, 0.15) is 28.9 Å². The lowest BCUT2D eigenvalue weighted by Gasteiger charge is -2.32. The van der Waals surface area contributed by atoms with E-state index >= 15 is 0 Å².